The molecule has 1 aliphatic heterocycles. The summed E-state index contributed by atoms with van der Waals surface area (Å²) in [5.74, 6) is -0.273. The number of ether oxygens (including phenoxy) is 1. The first kappa shape index (κ1) is 11.6. The van der Waals surface area contributed by atoms with Crippen molar-refractivity contribution >= 4 is 17.6 Å². The number of amides is 1. The van der Waals surface area contributed by atoms with Gasteiger partial charge in [0.1, 0.15) is 0 Å². The summed E-state index contributed by atoms with van der Waals surface area (Å²) in [4.78, 5) is 22.8. The van der Waals surface area contributed by atoms with Crippen molar-refractivity contribution in [3.8, 4) is 0 Å². The summed E-state index contributed by atoms with van der Waals surface area (Å²) in [6, 6.07) is 5.24. The quantitative estimate of drug-likeness (QED) is 0.814. The Morgan fingerprint density at radius 1 is 1.41 bits per heavy atom. The fourth-order valence-corrected chi connectivity index (χ4v) is 1.79. The minimum Gasteiger partial charge on any atom is -0.462 e. The van der Waals surface area contributed by atoms with E-state index in [-0.39, 0.29) is 11.9 Å². The van der Waals surface area contributed by atoms with Crippen LogP contribution in [0.4, 0.5) is 5.69 Å². The molecule has 1 amide bonds. The van der Waals surface area contributed by atoms with E-state index in [9.17, 15) is 9.59 Å². The lowest BCUT2D eigenvalue weighted by Crippen LogP contribution is -2.19. The molecule has 4 heteroatoms. The van der Waals surface area contributed by atoms with Crippen molar-refractivity contribution in [2.75, 3.05) is 11.9 Å². The zero-order valence-electron chi connectivity index (χ0n) is 9.79. The van der Waals surface area contributed by atoms with Gasteiger partial charge in [-0.1, -0.05) is 6.92 Å². The van der Waals surface area contributed by atoms with E-state index >= 15 is 0 Å². The van der Waals surface area contributed by atoms with Crippen LogP contribution in [0.5, 0.6) is 0 Å². The molecule has 0 unspecified atom stereocenters. The molecule has 0 spiro atoms. The van der Waals surface area contributed by atoms with Gasteiger partial charge in [0.25, 0.3) is 0 Å². The molecular weight excluding hydrogens is 218 g/mol. The van der Waals surface area contributed by atoms with Gasteiger partial charge < -0.3 is 10.1 Å². The van der Waals surface area contributed by atoms with Gasteiger partial charge in [-0.3, -0.25) is 4.79 Å². The number of hydrogen-bond donors (Lipinski definition) is 1. The maximum absolute atomic E-state index is 11.6. The molecule has 0 fully saturated rings. The van der Waals surface area contributed by atoms with Crippen molar-refractivity contribution in [2.24, 2.45) is 0 Å². The zero-order chi connectivity index (χ0) is 12.3. The number of anilines is 1. The van der Waals surface area contributed by atoms with Gasteiger partial charge >= 0.3 is 5.97 Å². The highest BCUT2D eigenvalue weighted by Gasteiger charge is 2.16. The Bertz CT molecular complexity index is 454. The first-order valence-electron chi connectivity index (χ1n) is 5.80. The smallest absolute Gasteiger partial charge is 0.338 e. The first-order chi connectivity index (χ1) is 8.20. The average Bonchev–Trinajstić information content (AvgIpc) is 2.35. The molecule has 17 heavy (non-hydrogen) atoms. The summed E-state index contributed by atoms with van der Waals surface area (Å²) in [6.45, 7) is 2.39. The van der Waals surface area contributed by atoms with E-state index in [1.807, 2.05) is 6.92 Å². The molecule has 0 bridgehead atoms. The lowest BCUT2D eigenvalue weighted by Gasteiger charge is -2.17. The fraction of sp³-hybridized carbons (Fsp3) is 0.385. The Morgan fingerprint density at radius 3 is 3.00 bits per heavy atom. The molecule has 2 rings (SSSR count). The van der Waals surface area contributed by atoms with Crippen LogP contribution >= 0.6 is 0 Å². The Kier molecular flexibility index (Phi) is 3.42. The van der Waals surface area contributed by atoms with E-state index in [0.717, 1.165) is 17.7 Å². The van der Waals surface area contributed by atoms with Crippen LogP contribution in [0.2, 0.25) is 0 Å². The number of carbonyl (C=O) groups excluding carboxylic acids is 2. The van der Waals surface area contributed by atoms with Crippen LogP contribution in [0.3, 0.4) is 0 Å². The fourth-order valence-electron chi connectivity index (χ4n) is 1.79. The number of aryl methyl sites for hydroxylation is 1. The summed E-state index contributed by atoms with van der Waals surface area (Å²) in [7, 11) is 0. The Morgan fingerprint density at radius 2 is 2.24 bits per heavy atom. The summed E-state index contributed by atoms with van der Waals surface area (Å²) < 4.78 is 5.06. The number of esters is 1. The van der Waals surface area contributed by atoms with Crippen LogP contribution in [0, 0.1) is 0 Å². The van der Waals surface area contributed by atoms with Gasteiger partial charge in [-0.25, -0.2) is 4.79 Å². The van der Waals surface area contributed by atoms with Crippen molar-refractivity contribution in [2.45, 2.75) is 26.2 Å². The average molecular weight is 233 g/mol. The Balaban J connectivity index is 2.16. The lowest BCUT2D eigenvalue weighted by molar-refractivity contribution is -0.116. The second kappa shape index (κ2) is 4.99. The van der Waals surface area contributed by atoms with Gasteiger partial charge in [-0.05, 0) is 36.6 Å². The summed E-state index contributed by atoms with van der Waals surface area (Å²) in [5, 5.41) is 2.78. The SMILES string of the molecule is CCCOC(=O)c1ccc2c(c1)CCC(=O)N2. The van der Waals surface area contributed by atoms with Crippen molar-refractivity contribution in [3.63, 3.8) is 0 Å². The summed E-state index contributed by atoms with van der Waals surface area (Å²) >= 11 is 0. The molecule has 90 valence electrons. The monoisotopic (exact) mass is 233 g/mol. The van der Waals surface area contributed by atoms with Gasteiger partial charge in [0.05, 0.1) is 12.2 Å². The van der Waals surface area contributed by atoms with Gasteiger partial charge in [0.2, 0.25) is 5.91 Å². The van der Waals surface area contributed by atoms with E-state index < -0.39 is 0 Å². The van der Waals surface area contributed by atoms with Crippen LogP contribution in [0.1, 0.15) is 35.7 Å². The molecule has 1 aromatic carbocycles. The molecule has 0 aliphatic carbocycles. The number of fused-ring (bicyclic) bond motifs is 1. The molecule has 1 N–H and O–H groups in total. The van der Waals surface area contributed by atoms with E-state index in [1.54, 1.807) is 18.2 Å². The highest BCUT2D eigenvalue weighted by molar-refractivity contribution is 5.96. The Labute approximate surface area is 100.0 Å². The minimum absolute atomic E-state index is 0.0267. The normalized spacial score (nSPS) is 13.8. The van der Waals surface area contributed by atoms with Crippen LogP contribution in [-0.2, 0) is 16.0 Å². The molecule has 0 aromatic heterocycles. The van der Waals surface area contributed by atoms with Crippen LogP contribution < -0.4 is 5.32 Å². The maximum Gasteiger partial charge on any atom is 0.338 e. The topological polar surface area (TPSA) is 55.4 Å². The third-order valence-corrected chi connectivity index (χ3v) is 2.67. The molecule has 1 aliphatic rings. The number of benzene rings is 1. The number of hydrogen-bond acceptors (Lipinski definition) is 3. The van der Waals surface area contributed by atoms with E-state index in [0.29, 0.717) is 25.0 Å². The minimum atomic E-state index is -0.299. The summed E-state index contributed by atoms with van der Waals surface area (Å²) in [6.07, 6.45) is 1.96. The zero-order valence-corrected chi connectivity index (χ0v) is 9.79. The van der Waals surface area contributed by atoms with E-state index in [4.69, 9.17) is 4.74 Å². The molecule has 0 radical (unpaired) electrons. The molecular formula is C13H15NO3. The van der Waals surface area contributed by atoms with Gasteiger partial charge in [0.15, 0.2) is 0 Å². The van der Waals surface area contributed by atoms with E-state index in [1.165, 1.54) is 0 Å². The van der Waals surface area contributed by atoms with Crippen molar-refractivity contribution in [1.29, 1.82) is 0 Å². The van der Waals surface area contributed by atoms with Gasteiger partial charge in [-0.2, -0.15) is 0 Å². The van der Waals surface area contributed by atoms with Crippen molar-refractivity contribution in [3.05, 3.63) is 29.3 Å². The first-order valence-corrected chi connectivity index (χ1v) is 5.80. The number of carbonyl (C=O) groups is 2. The van der Waals surface area contributed by atoms with Crippen molar-refractivity contribution in [1.82, 2.24) is 0 Å². The largest absolute Gasteiger partial charge is 0.462 e. The molecule has 1 heterocycles. The van der Waals surface area contributed by atoms with Crippen LogP contribution in [-0.4, -0.2) is 18.5 Å². The van der Waals surface area contributed by atoms with Crippen molar-refractivity contribution < 1.29 is 14.3 Å². The number of nitrogens with one attached hydrogen (secondary N) is 1. The predicted molar refractivity (Wildman–Crippen MR) is 64.0 cm³/mol. The summed E-state index contributed by atoms with van der Waals surface area (Å²) in [5.41, 5.74) is 2.34. The standard InChI is InChI=1S/C13H15NO3/c1-2-7-17-13(16)10-3-5-11-9(8-10)4-6-12(15)14-11/h3,5,8H,2,4,6-7H2,1H3,(H,14,15). The molecule has 4 nitrogen and oxygen atoms in total. The van der Waals surface area contributed by atoms with Crippen LogP contribution in [0.15, 0.2) is 18.2 Å². The van der Waals surface area contributed by atoms with Crippen LogP contribution in [0.25, 0.3) is 0 Å². The van der Waals surface area contributed by atoms with E-state index in [2.05, 4.69) is 5.32 Å². The predicted octanol–water partition coefficient (Wildman–Crippen LogP) is 2.14. The highest BCUT2D eigenvalue weighted by atomic mass is 16.5. The number of rotatable bonds is 3. The van der Waals surface area contributed by atoms with Gasteiger partial charge in [-0.15, -0.1) is 0 Å². The lowest BCUT2D eigenvalue weighted by atomic mass is 10.0. The molecule has 0 saturated heterocycles. The molecule has 0 atom stereocenters. The maximum atomic E-state index is 11.6. The van der Waals surface area contributed by atoms with Gasteiger partial charge in [0, 0.05) is 12.1 Å². The second-order valence-electron chi connectivity index (χ2n) is 4.06. The second-order valence-corrected chi connectivity index (χ2v) is 4.06. The molecule has 1 aromatic rings. The Hall–Kier alpha value is -1.84. The molecule has 0 saturated carbocycles. The highest BCUT2D eigenvalue weighted by Crippen LogP contribution is 2.23. The third-order valence-electron chi connectivity index (χ3n) is 2.67. The third kappa shape index (κ3) is 2.64.